The number of carbonyl (C=O) groups is 1. The molecule has 1 amide bonds. The Morgan fingerprint density at radius 2 is 1.69 bits per heavy atom. The van der Waals surface area contributed by atoms with Crippen molar-refractivity contribution in [2.24, 2.45) is 17.8 Å². The van der Waals surface area contributed by atoms with Crippen LogP contribution >= 0.6 is 0 Å². The monoisotopic (exact) mass is 183 g/mol. The number of carbonyl (C=O) groups excluding carboxylic acids is 1. The average molecular weight is 183 g/mol. The summed E-state index contributed by atoms with van der Waals surface area (Å²) in [5, 5.41) is 3.06. The van der Waals surface area contributed by atoms with Crippen molar-refractivity contribution in [3.63, 3.8) is 0 Å². The first-order chi connectivity index (χ1) is 6.36. The van der Waals surface area contributed by atoms with Gasteiger partial charge in [0.1, 0.15) is 0 Å². The Bertz CT molecular complexity index is 229. The summed E-state index contributed by atoms with van der Waals surface area (Å²) in [5.74, 6) is 1.49. The first kappa shape index (κ1) is 7.76. The Morgan fingerprint density at radius 1 is 1.08 bits per heavy atom. The van der Waals surface area contributed by atoms with Crippen molar-refractivity contribution >= 4 is 5.91 Å². The van der Waals surface area contributed by atoms with E-state index in [1.54, 1.807) is 0 Å². The van der Waals surface area contributed by atoms with Gasteiger partial charge in [-0.05, 0) is 0 Å². The fourth-order valence-electron chi connectivity index (χ4n) is 2.12. The minimum Gasteiger partial charge on any atom is -0.381 e. The number of nitrogens with one attached hydrogen (secondary N) is 1. The number of amides is 1. The van der Waals surface area contributed by atoms with E-state index in [0.29, 0.717) is 31.1 Å². The maximum Gasteiger partial charge on any atom is 0.228 e. The van der Waals surface area contributed by atoms with Gasteiger partial charge < -0.3 is 14.8 Å². The van der Waals surface area contributed by atoms with Gasteiger partial charge in [0.2, 0.25) is 5.91 Å². The van der Waals surface area contributed by atoms with Gasteiger partial charge in [0.05, 0.1) is 32.3 Å². The Morgan fingerprint density at radius 3 is 2.23 bits per heavy atom. The SMILES string of the molecule is O=C(NC1[C@H]2COC[C@H]12)C1COC1. The van der Waals surface area contributed by atoms with E-state index in [-0.39, 0.29) is 11.8 Å². The third-order valence-electron chi connectivity index (χ3n) is 3.27. The lowest BCUT2D eigenvalue weighted by Gasteiger charge is -2.25. The zero-order chi connectivity index (χ0) is 8.84. The van der Waals surface area contributed by atoms with E-state index >= 15 is 0 Å². The molecular formula is C9H13NO3. The highest BCUT2D eigenvalue weighted by Gasteiger charge is 2.55. The van der Waals surface area contributed by atoms with Crippen LogP contribution in [0.2, 0.25) is 0 Å². The van der Waals surface area contributed by atoms with E-state index < -0.39 is 0 Å². The van der Waals surface area contributed by atoms with Gasteiger partial charge >= 0.3 is 0 Å². The van der Waals surface area contributed by atoms with Gasteiger partial charge in [-0.25, -0.2) is 0 Å². The van der Waals surface area contributed by atoms with Crippen LogP contribution in [0.15, 0.2) is 0 Å². The molecule has 0 aromatic heterocycles. The van der Waals surface area contributed by atoms with Gasteiger partial charge in [-0.15, -0.1) is 0 Å². The first-order valence-corrected chi connectivity index (χ1v) is 4.82. The Balaban J connectivity index is 1.50. The zero-order valence-electron chi connectivity index (χ0n) is 7.36. The zero-order valence-corrected chi connectivity index (χ0v) is 7.36. The second-order valence-electron chi connectivity index (χ2n) is 4.13. The van der Waals surface area contributed by atoms with Crippen molar-refractivity contribution in [1.82, 2.24) is 5.32 Å². The molecule has 4 heteroatoms. The van der Waals surface area contributed by atoms with E-state index in [1.807, 2.05) is 0 Å². The highest BCUT2D eigenvalue weighted by molar-refractivity contribution is 5.80. The van der Waals surface area contributed by atoms with E-state index in [4.69, 9.17) is 9.47 Å². The van der Waals surface area contributed by atoms with Crippen LogP contribution in [-0.4, -0.2) is 38.4 Å². The van der Waals surface area contributed by atoms with Gasteiger partial charge in [-0.3, -0.25) is 4.79 Å². The van der Waals surface area contributed by atoms with Crippen molar-refractivity contribution in [2.75, 3.05) is 26.4 Å². The summed E-state index contributed by atoms with van der Waals surface area (Å²) in [4.78, 5) is 11.5. The predicted octanol–water partition coefficient (Wildman–Crippen LogP) is -0.606. The van der Waals surface area contributed by atoms with Gasteiger partial charge in [-0.2, -0.15) is 0 Å². The largest absolute Gasteiger partial charge is 0.381 e. The first-order valence-electron chi connectivity index (χ1n) is 4.82. The molecule has 0 aromatic carbocycles. The van der Waals surface area contributed by atoms with Crippen LogP contribution in [-0.2, 0) is 14.3 Å². The summed E-state index contributed by atoms with van der Waals surface area (Å²) in [6, 6.07) is 0.404. The molecule has 0 radical (unpaired) electrons. The molecule has 0 bridgehead atoms. The van der Waals surface area contributed by atoms with Gasteiger partial charge in [-0.1, -0.05) is 0 Å². The smallest absolute Gasteiger partial charge is 0.228 e. The minimum absolute atomic E-state index is 0.113. The Hall–Kier alpha value is -0.610. The van der Waals surface area contributed by atoms with Crippen molar-refractivity contribution < 1.29 is 14.3 Å². The summed E-state index contributed by atoms with van der Waals surface area (Å²) in [5.41, 5.74) is 0. The second kappa shape index (κ2) is 2.69. The summed E-state index contributed by atoms with van der Waals surface area (Å²) >= 11 is 0. The fraction of sp³-hybridized carbons (Fsp3) is 0.889. The summed E-state index contributed by atoms with van der Waals surface area (Å²) in [7, 11) is 0. The van der Waals surface area contributed by atoms with Crippen molar-refractivity contribution in [2.45, 2.75) is 6.04 Å². The van der Waals surface area contributed by atoms with Crippen molar-refractivity contribution in [3.8, 4) is 0 Å². The quantitative estimate of drug-likeness (QED) is 0.621. The van der Waals surface area contributed by atoms with Crippen LogP contribution in [0.4, 0.5) is 0 Å². The van der Waals surface area contributed by atoms with Crippen LogP contribution in [0.25, 0.3) is 0 Å². The maximum absolute atomic E-state index is 11.5. The summed E-state index contributed by atoms with van der Waals surface area (Å²) in [6.07, 6.45) is 0. The number of ether oxygens (including phenoxy) is 2. The van der Waals surface area contributed by atoms with E-state index in [9.17, 15) is 4.79 Å². The molecule has 13 heavy (non-hydrogen) atoms. The molecular weight excluding hydrogens is 170 g/mol. The predicted molar refractivity (Wildman–Crippen MR) is 44.0 cm³/mol. The number of fused-ring (bicyclic) bond motifs is 1. The molecule has 0 spiro atoms. The van der Waals surface area contributed by atoms with Crippen LogP contribution < -0.4 is 5.32 Å². The van der Waals surface area contributed by atoms with Gasteiger partial charge in [0.15, 0.2) is 0 Å². The molecule has 1 aliphatic carbocycles. The minimum atomic E-state index is 0.113. The highest BCUT2D eigenvalue weighted by Crippen LogP contribution is 2.44. The van der Waals surface area contributed by atoms with E-state index in [2.05, 4.69) is 5.32 Å². The van der Waals surface area contributed by atoms with Crippen LogP contribution in [0.5, 0.6) is 0 Å². The molecule has 1 N–H and O–H groups in total. The number of hydrogen-bond acceptors (Lipinski definition) is 3. The van der Waals surface area contributed by atoms with Crippen molar-refractivity contribution in [1.29, 1.82) is 0 Å². The summed E-state index contributed by atoms with van der Waals surface area (Å²) < 4.78 is 10.2. The van der Waals surface area contributed by atoms with Gasteiger partial charge in [0, 0.05) is 17.9 Å². The maximum atomic E-state index is 11.5. The van der Waals surface area contributed by atoms with Crippen molar-refractivity contribution in [3.05, 3.63) is 0 Å². The molecule has 1 saturated carbocycles. The van der Waals surface area contributed by atoms with E-state index in [0.717, 1.165) is 13.2 Å². The van der Waals surface area contributed by atoms with Crippen LogP contribution in [0.1, 0.15) is 0 Å². The molecule has 72 valence electrons. The van der Waals surface area contributed by atoms with E-state index in [1.165, 1.54) is 0 Å². The molecule has 2 heterocycles. The average Bonchev–Trinajstić information content (AvgIpc) is 2.50. The lowest BCUT2D eigenvalue weighted by atomic mass is 10.1. The molecule has 3 rings (SSSR count). The molecule has 2 aliphatic heterocycles. The molecule has 3 aliphatic rings. The second-order valence-corrected chi connectivity index (χ2v) is 4.13. The Labute approximate surface area is 76.6 Å². The Kier molecular flexibility index (Phi) is 1.60. The lowest BCUT2D eigenvalue weighted by molar-refractivity contribution is -0.139. The molecule has 2 atom stereocenters. The normalized spacial score (nSPS) is 42.3. The molecule has 2 saturated heterocycles. The van der Waals surface area contributed by atoms with Gasteiger partial charge in [0.25, 0.3) is 0 Å². The third kappa shape index (κ3) is 1.16. The fourth-order valence-corrected chi connectivity index (χ4v) is 2.12. The molecule has 3 fully saturated rings. The molecule has 0 aromatic rings. The standard InChI is InChI=1S/C9H13NO3/c11-9(5-1-12-2-5)10-8-6-3-13-4-7(6)8/h5-8H,1-4H2,(H,10,11)/t6-,7-/m0/s1. The molecule has 0 unspecified atom stereocenters. The topological polar surface area (TPSA) is 47.6 Å². The lowest BCUT2D eigenvalue weighted by Crippen LogP contribution is -2.44. The van der Waals surface area contributed by atoms with Crippen LogP contribution in [0, 0.1) is 17.8 Å². The summed E-state index contributed by atoms with van der Waals surface area (Å²) in [6.45, 7) is 2.86. The highest BCUT2D eigenvalue weighted by atomic mass is 16.5. The number of rotatable bonds is 2. The molecule has 4 nitrogen and oxygen atoms in total. The van der Waals surface area contributed by atoms with Crippen LogP contribution in [0.3, 0.4) is 0 Å². The third-order valence-corrected chi connectivity index (χ3v) is 3.27. The number of hydrogen-bond donors (Lipinski definition) is 1.